The zero-order chi connectivity index (χ0) is 12.8. The second-order valence-electron chi connectivity index (χ2n) is 5.85. The molecule has 1 aliphatic carbocycles. The molecule has 2 aromatic heterocycles. The van der Waals surface area contributed by atoms with E-state index in [0.29, 0.717) is 6.04 Å². The summed E-state index contributed by atoms with van der Waals surface area (Å²) < 4.78 is 2.10. The maximum absolute atomic E-state index is 6.40. The number of likely N-dealkylation sites (tertiary alicyclic amines) is 1. The highest BCUT2D eigenvalue weighted by Crippen LogP contribution is 2.38. The molecule has 100 valence electrons. The van der Waals surface area contributed by atoms with E-state index < -0.39 is 0 Å². The first-order chi connectivity index (χ1) is 9.33. The number of fused-ring (bicyclic) bond motifs is 1. The van der Waals surface area contributed by atoms with Crippen molar-refractivity contribution in [2.24, 2.45) is 5.73 Å². The van der Waals surface area contributed by atoms with E-state index in [2.05, 4.69) is 27.8 Å². The molecule has 2 fully saturated rings. The number of hydrogen-bond donors (Lipinski definition) is 1. The Bertz CT molecular complexity index is 554. The van der Waals surface area contributed by atoms with Crippen LogP contribution in [0.4, 0.5) is 0 Å². The van der Waals surface area contributed by atoms with Crippen LogP contribution in [-0.4, -0.2) is 32.9 Å². The molecule has 0 bridgehead atoms. The lowest BCUT2D eigenvalue weighted by Crippen LogP contribution is -2.47. The number of rotatable bonds is 2. The van der Waals surface area contributed by atoms with Crippen molar-refractivity contribution in [2.45, 2.75) is 43.8 Å². The summed E-state index contributed by atoms with van der Waals surface area (Å²) in [5.74, 6) is 0. The second kappa shape index (κ2) is 4.32. The fourth-order valence-electron chi connectivity index (χ4n) is 3.35. The van der Waals surface area contributed by atoms with Crippen molar-refractivity contribution in [3.05, 3.63) is 36.3 Å². The minimum Gasteiger partial charge on any atom is -0.326 e. The molecule has 2 aliphatic rings. The standard InChI is InChI=1S/C15H20N4/c16-12-4-3-9-19(11-6-7-11)15(12)13-10-18-8-2-1-5-14(18)17-13/h1-2,5,8,10-12,15H,3-4,6-7,9,16H2. The van der Waals surface area contributed by atoms with Gasteiger partial charge in [0.05, 0.1) is 11.7 Å². The lowest BCUT2D eigenvalue weighted by molar-refractivity contribution is 0.117. The molecule has 0 radical (unpaired) electrons. The fourth-order valence-corrected chi connectivity index (χ4v) is 3.35. The fraction of sp³-hybridized carbons (Fsp3) is 0.533. The van der Waals surface area contributed by atoms with Crippen molar-refractivity contribution in [3.63, 3.8) is 0 Å². The molecule has 0 aromatic carbocycles. The third kappa shape index (κ3) is 1.95. The summed E-state index contributed by atoms with van der Waals surface area (Å²) in [5, 5.41) is 0. The molecule has 4 nitrogen and oxygen atoms in total. The summed E-state index contributed by atoms with van der Waals surface area (Å²) in [4.78, 5) is 7.38. The Labute approximate surface area is 113 Å². The first-order valence-electron chi connectivity index (χ1n) is 7.28. The van der Waals surface area contributed by atoms with Gasteiger partial charge in [-0.3, -0.25) is 4.90 Å². The van der Waals surface area contributed by atoms with Crippen molar-refractivity contribution in [1.82, 2.24) is 14.3 Å². The van der Waals surface area contributed by atoms with Gasteiger partial charge in [0, 0.05) is 24.5 Å². The predicted molar refractivity (Wildman–Crippen MR) is 74.9 cm³/mol. The number of nitrogens with zero attached hydrogens (tertiary/aromatic N) is 3. The molecule has 2 N–H and O–H groups in total. The van der Waals surface area contributed by atoms with E-state index in [9.17, 15) is 0 Å². The van der Waals surface area contributed by atoms with Gasteiger partial charge >= 0.3 is 0 Å². The SMILES string of the molecule is NC1CCCN(C2CC2)C1c1cn2ccccc2n1. The van der Waals surface area contributed by atoms with Gasteiger partial charge in [-0.1, -0.05) is 6.07 Å². The van der Waals surface area contributed by atoms with Crippen molar-refractivity contribution in [2.75, 3.05) is 6.54 Å². The van der Waals surface area contributed by atoms with Crippen LogP contribution < -0.4 is 5.73 Å². The van der Waals surface area contributed by atoms with Crippen LogP contribution in [-0.2, 0) is 0 Å². The molecule has 1 aliphatic heterocycles. The zero-order valence-electron chi connectivity index (χ0n) is 11.1. The van der Waals surface area contributed by atoms with E-state index in [-0.39, 0.29) is 6.04 Å². The maximum atomic E-state index is 6.40. The van der Waals surface area contributed by atoms with E-state index in [1.54, 1.807) is 0 Å². The quantitative estimate of drug-likeness (QED) is 0.893. The number of piperidine rings is 1. The molecule has 4 rings (SSSR count). The molecule has 1 saturated carbocycles. The van der Waals surface area contributed by atoms with Gasteiger partial charge in [-0.2, -0.15) is 0 Å². The highest BCUT2D eigenvalue weighted by Gasteiger charge is 2.40. The van der Waals surface area contributed by atoms with Crippen molar-refractivity contribution >= 4 is 5.65 Å². The van der Waals surface area contributed by atoms with Crippen LogP contribution in [0.15, 0.2) is 30.6 Å². The predicted octanol–water partition coefficient (Wildman–Crippen LogP) is 1.96. The number of nitrogens with two attached hydrogens (primary N) is 1. The van der Waals surface area contributed by atoms with E-state index in [0.717, 1.165) is 23.8 Å². The van der Waals surface area contributed by atoms with Crippen LogP contribution in [0.2, 0.25) is 0 Å². The summed E-state index contributed by atoms with van der Waals surface area (Å²) in [5.41, 5.74) is 8.56. The number of aromatic nitrogens is 2. The van der Waals surface area contributed by atoms with Gasteiger partial charge < -0.3 is 10.1 Å². The topological polar surface area (TPSA) is 46.6 Å². The Morgan fingerprint density at radius 1 is 1.21 bits per heavy atom. The molecule has 4 heteroatoms. The van der Waals surface area contributed by atoms with E-state index >= 15 is 0 Å². The van der Waals surface area contributed by atoms with Gasteiger partial charge in [-0.25, -0.2) is 4.98 Å². The summed E-state index contributed by atoms with van der Waals surface area (Å²) in [6.45, 7) is 1.18. The van der Waals surface area contributed by atoms with Gasteiger partial charge in [0.2, 0.25) is 0 Å². The minimum absolute atomic E-state index is 0.222. The number of hydrogen-bond acceptors (Lipinski definition) is 3. The van der Waals surface area contributed by atoms with E-state index in [4.69, 9.17) is 10.7 Å². The molecule has 1 saturated heterocycles. The summed E-state index contributed by atoms with van der Waals surface area (Å²) in [6, 6.07) is 7.41. The third-order valence-electron chi connectivity index (χ3n) is 4.42. The average Bonchev–Trinajstić information content (AvgIpc) is 3.17. The molecule has 2 aromatic rings. The number of imidazole rings is 1. The van der Waals surface area contributed by atoms with Crippen LogP contribution >= 0.6 is 0 Å². The highest BCUT2D eigenvalue weighted by molar-refractivity contribution is 5.40. The average molecular weight is 256 g/mol. The lowest BCUT2D eigenvalue weighted by Gasteiger charge is -2.39. The molecule has 3 heterocycles. The Morgan fingerprint density at radius 2 is 2.11 bits per heavy atom. The van der Waals surface area contributed by atoms with Crippen molar-refractivity contribution in [3.8, 4) is 0 Å². The van der Waals surface area contributed by atoms with Crippen LogP contribution in [0.3, 0.4) is 0 Å². The molecule has 0 amide bonds. The highest BCUT2D eigenvalue weighted by atomic mass is 15.2. The van der Waals surface area contributed by atoms with Crippen molar-refractivity contribution in [1.29, 1.82) is 0 Å². The smallest absolute Gasteiger partial charge is 0.137 e. The Balaban J connectivity index is 1.74. The van der Waals surface area contributed by atoms with Crippen molar-refractivity contribution < 1.29 is 0 Å². The minimum atomic E-state index is 0.222. The molecule has 0 spiro atoms. The normalized spacial score (nSPS) is 28.9. The van der Waals surface area contributed by atoms with E-state index in [1.165, 1.54) is 25.8 Å². The molecule has 2 atom stereocenters. The van der Waals surface area contributed by atoms with Gasteiger partial charge in [-0.15, -0.1) is 0 Å². The molecular weight excluding hydrogens is 236 g/mol. The second-order valence-corrected chi connectivity index (χ2v) is 5.85. The first kappa shape index (κ1) is 11.4. The monoisotopic (exact) mass is 256 g/mol. The molecule has 19 heavy (non-hydrogen) atoms. The van der Waals surface area contributed by atoms with Crippen LogP contribution in [0, 0.1) is 0 Å². The maximum Gasteiger partial charge on any atom is 0.137 e. The van der Waals surface area contributed by atoms with Crippen LogP contribution in [0.5, 0.6) is 0 Å². The Morgan fingerprint density at radius 3 is 2.89 bits per heavy atom. The molecular formula is C15H20N4. The van der Waals surface area contributed by atoms with Crippen LogP contribution in [0.25, 0.3) is 5.65 Å². The first-order valence-corrected chi connectivity index (χ1v) is 7.28. The van der Waals surface area contributed by atoms with Gasteiger partial charge in [-0.05, 0) is 44.4 Å². The van der Waals surface area contributed by atoms with Gasteiger partial charge in [0.25, 0.3) is 0 Å². The Kier molecular flexibility index (Phi) is 2.60. The summed E-state index contributed by atoms with van der Waals surface area (Å²) >= 11 is 0. The summed E-state index contributed by atoms with van der Waals surface area (Å²) in [6.07, 6.45) is 9.21. The van der Waals surface area contributed by atoms with Crippen LogP contribution in [0.1, 0.15) is 37.4 Å². The third-order valence-corrected chi connectivity index (χ3v) is 4.42. The largest absolute Gasteiger partial charge is 0.326 e. The summed E-state index contributed by atoms with van der Waals surface area (Å²) in [7, 11) is 0. The van der Waals surface area contributed by atoms with E-state index in [1.807, 2.05) is 12.1 Å². The van der Waals surface area contributed by atoms with Gasteiger partial charge in [0.15, 0.2) is 0 Å². The lowest BCUT2D eigenvalue weighted by atomic mass is 9.94. The number of pyridine rings is 1. The Hall–Kier alpha value is -1.39. The molecule has 2 unspecified atom stereocenters. The zero-order valence-corrected chi connectivity index (χ0v) is 11.1. The van der Waals surface area contributed by atoms with Gasteiger partial charge in [0.1, 0.15) is 5.65 Å².